The molecule has 0 atom stereocenters. The fourth-order valence-corrected chi connectivity index (χ4v) is 4.38. The Balaban J connectivity index is 1.49. The second kappa shape index (κ2) is 7.64. The van der Waals surface area contributed by atoms with Crippen LogP contribution in [-0.4, -0.2) is 31.7 Å². The van der Waals surface area contributed by atoms with E-state index in [9.17, 15) is 4.79 Å². The Morgan fingerprint density at radius 2 is 1.72 bits per heavy atom. The van der Waals surface area contributed by atoms with Gasteiger partial charge in [-0.25, -0.2) is 4.68 Å². The lowest BCUT2D eigenvalue weighted by molar-refractivity contribution is 0.0919. The minimum Gasteiger partial charge on any atom is -0.469 e. The van der Waals surface area contributed by atoms with Gasteiger partial charge in [-0.3, -0.25) is 4.79 Å². The van der Waals surface area contributed by atoms with Crippen molar-refractivity contribution in [2.75, 3.05) is 6.61 Å². The van der Waals surface area contributed by atoms with Crippen LogP contribution in [0.15, 0.2) is 60.7 Å². The molecule has 5 aromatic rings. The molecule has 6 nitrogen and oxygen atoms in total. The van der Waals surface area contributed by atoms with Crippen molar-refractivity contribution in [3.8, 4) is 11.6 Å². The Bertz CT molecular complexity index is 1480. The minimum atomic E-state index is -0.0781. The van der Waals surface area contributed by atoms with Crippen molar-refractivity contribution in [3.63, 3.8) is 0 Å². The van der Waals surface area contributed by atoms with Crippen molar-refractivity contribution in [2.24, 2.45) is 7.05 Å². The van der Waals surface area contributed by atoms with E-state index < -0.39 is 0 Å². The second-order valence-electron chi connectivity index (χ2n) is 8.06. The van der Waals surface area contributed by atoms with Gasteiger partial charge in [0.2, 0.25) is 11.7 Å². The first-order valence-electron chi connectivity index (χ1n) is 10.6. The number of rotatable bonds is 5. The third-order valence-corrected chi connectivity index (χ3v) is 6.02. The van der Waals surface area contributed by atoms with Crippen molar-refractivity contribution in [1.82, 2.24) is 19.3 Å². The zero-order valence-corrected chi connectivity index (χ0v) is 18.6. The van der Waals surface area contributed by atoms with E-state index >= 15 is 0 Å². The molecule has 5 rings (SSSR count). The van der Waals surface area contributed by atoms with Gasteiger partial charge in [0.15, 0.2) is 12.3 Å². The Hall–Kier alpha value is -3.93. The Morgan fingerprint density at radius 1 is 1.00 bits per heavy atom. The van der Waals surface area contributed by atoms with E-state index in [1.807, 2.05) is 97.7 Å². The molecule has 3 heterocycles. The van der Waals surface area contributed by atoms with Crippen LogP contribution in [0.4, 0.5) is 0 Å². The summed E-state index contributed by atoms with van der Waals surface area (Å²) in [6.07, 6.45) is 0. The molecule has 0 radical (unpaired) electrons. The fourth-order valence-electron chi connectivity index (χ4n) is 4.38. The highest BCUT2D eigenvalue weighted by Gasteiger charge is 2.20. The van der Waals surface area contributed by atoms with E-state index in [0.717, 1.165) is 44.6 Å². The molecule has 0 aliphatic heterocycles. The minimum absolute atomic E-state index is 0.0633. The van der Waals surface area contributed by atoms with Gasteiger partial charge in [0.25, 0.3) is 0 Å². The maximum absolute atomic E-state index is 13.1. The summed E-state index contributed by atoms with van der Waals surface area (Å²) in [7, 11) is 1.97. The number of aromatic nitrogens is 4. The largest absolute Gasteiger partial charge is 0.469 e. The van der Waals surface area contributed by atoms with Crippen molar-refractivity contribution in [2.45, 2.75) is 20.8 Å². The van der Waals surface area contributed by atoms with Gasteiger partial charge < -0.3 is 9.30 Å². The SMILES string of the molecule is Cc1cc(OCC(=O)c2c(C)n(C)c3ccccc23)nc2c1c(C)nn2-c1ccccc1. The number of pyridine rings is 1. The van der Waals surface area contributed by atoms with Gasteiger partial charge in [0, 0.05) is 40.7 Å². The molecular weight excluding hydrogens is 400 g/mol. The Labute approximate surface area is 186 Å². The van der Waals surface area contributed by atoms with Crippen LogP contribution in [0.5, 0.6) is 5.88 Å². The van der Waals surface area contributed by atoms with Crippen molar-refractivity contribution < 1.29 is 9.53 Å². The van der Waals surface area contributed by atoms with Gasteiger partial charge in [0.05, 0.1) is 11.4 Å². The summed E-state index contributed by atoms with van der Waals surface area (Å²) in [6, 6.07) is 19.7. The number of fused-ring (bicyclic) bond motifs is 2. The van der Waals surface area contributed by atoms with Gasteiger partial charge in [0.1, 0.15) is 0 Å². The summed E-state index contributed by atoms with van der Waals surface area (Å²) < 4.78 is 9.77. The maximum atomic E-state index is 13.1. The lowest BCUT2D eigenvalue weighted by Gasteiger charge is -2.08. The number of aryl methyl sites for hydroxylation is 3. The van der Waals surface area contributed by atoms with E-state index in [2.05, 4.69) is 5.10 Å². The average Bonchev–Trinajstić information content (AvgIpc) is 3.27. The molecule has 32 heavy (non-hydrogen) atoms. The monoisotopic (exact) mass is 424 g/mol. The smallest absolute Gasteiger partial charge is 0.216 e. The van der Waals surface area contributed by atoms with Gasteiger partial charge >= 0.3 is 0 Å². The highest BCUT2D eigenvalue weighted by molar-refractivity contribution is 6.10. The topological polar surface area (TPSA) is 61.9 Å². The van der Waals surface area contributed by atoms with Crippen molar-refractivity contribution in [1.29, 1.82) is 0 Å². The normalized spacial score (nSPS) is 11.4. The third-order valence-electron chi connectivity index (χ3n) is 6.02. The maximum Gasteiger partial charge on any atom is 0.216 e. The summed E-state index contributed by atoms with van der Waals surface area (Å²) in [4.78, 5) is 17.8. The number of nitrogens with zero attached hydrogens (tertiary/aromatic N) is 4. The molecule has 0 N–H and O–H groups in total. The van der Waals surface area contributed by atoms with Crippen LogP contribution in [0, 0.1) is 20.8 Å². The predicted octanol–water partition coefficient (Wildman–Crippen LogP) is 5.10. The van der Waals surface area contributed by atoms with Crippen LogP contribution in [-0.2, 0) is 7.05 Å². The quantitative estimate of drug-likeness (QED) is 0.368. The zero-order chi connectivity index (χ0) is 22.4. The van der Waals surface area contributed by atoms with Crippen LogP contribution in [0.25, 0.3) is 27.6 Å². The van der Waals surface area contributed by atoms with Crippen LogP contribution in [0.1, 0.15) is 27.3 Å². The number of hydrogen-bond donors (Lipinski definition) is 0. The summed E-state index contributed by atoms with van der Waals surface area (Å²) in [6.45, 7) is 5.87. The van der Waals surface area contributed by atoms with E-state index in [4.69, 9.17) is 9.72 Å². The molecule has 2 aromatic carbocycles. The van der Waals surface area contributed by atoms with Gasteiger partial charge in [-0.1, -0.05) is 36.4 Å². The van der Waals surface area contributed by atoms with Crippen LogP contribution >= 0.6 is 0 Å². The molecular formula is C26H24N4O2. The number of carbonyl (C=O) groups is 1. The predicted molar refractivity (Wildman–Crippen MR) is 126 cm³/mol. The van der Waals surface area contributed by atoms with Crippen LogP contribution < -0.4 is 4.74 Å². The number of para-hydroxylation sites is 2. The summed E-state index contributed by atoms with van der Waals surface area (Å²) in [5, 5.41) is 6.62. The molecule has 0 spiro atoms. The van der Waals surface area contributed by atoms with E-state index in [1.165, 1.54) is 0 Å². The molecule has 0 saturated heterocycles. The fraction of sp³-hybridized carbons (Fsp3) is 0.192. The van der Waals surface area contributed by atoms with Crippen LogP contribution in [0.3, 0.4) is 0 Å². The van der Waals surface area contributed by atoms with E-state index in [1.54, 1.807) is 0 Å². The lowest BCUT2D eigenvalue weighted by Crippen LogP contribution is -2.13. The molecule has 0 amide bonds. The van der Waals surface area contributed by atoms with Crippen molar-refractivity contribution >= 4 is 27.7 Å². The lowest BCUT2D eigenvalue weighted by atomic mass is 10.1. The molecule has 0 saturated carbocycles. The van der Waals surface area contributed by atoms with Gasteiger partial charge in [-0.05, 0) is 44.5 Å². The molecule has 0 unspecified atom stereocenters. The second-order valence-corrected chi connectivity index (χ2v) is 8.06. The number of carbonyl (C=O) groups excluding carboxylic acids is 1. The number of benzene rings is 2. The first kappa shape index (κ1) is 20.0. The van der Waals surface area contributed by atoms with Gasteiger partial charge in [-0.2, -0.15) is 10.1 Å². The molecule has 6 heteroatoms. The summed E-state index contributed by atoms with van der Waals surface area (Å²) >= 11 is 0. The number of hydrogen-bond acceptors (Lipinski definition) is 4. The molecule has 0 aliphatic rings. The van der Waals surface area contributed by atoms with Gasteiger partial charge in [-0.15, -0.1) is 0 Å². The number of ether oxygens (including phenoxy) is 1. The highest BCUT2D eigenvalue weighted by atomic mass is 16.5. The standard InChI is InChI=1S/C26H24N4O2/c1-16-14-23(27-26-24(16)17(2)28-30(26)19-10-6-5-7-11-19)32-15-22(31)25-18(3)29(4)21-13-9-8-12-20(21)25/h5-14H,15H2,1-4H3. The third kappa shape index (κ3) is 3.15. The molecule has 160 valence electrons. The summed E-state index contributed by atoms with van der Waals surface area (Å²) in [5.74, 6) is 0.352. The van der Waals surface area contributed by atoms with E-state index in [-0.39, 0.29) is 12.4 Å². The molecule has 0 bridgehead atoms. The molecule has 0 aliphatic carbocycles. The average molecular weight is 425 g/mol. The number of Topliss-reactive ketones (excluding diaryl/α,β-unsaturated/α-hetero) is 1. The van der Waals surface area contributed by atoms with Crippen molar-refractivity contribution in [3.05, 3.63) is 83.2 Å². The van der Waals surface area contributed by atoms with Crippen LogP contribution in [0.2, 0.25) is 0 Å². The number of ketones is 1. The summed E-state index contributed by atoms with van der Waals surface area (Å²) in [5.41, 5.74) is 6.23. The Morgan fingerprint density at radius 3 is 2.50 bits per heavy atom. The first-order valence-corrected chi connectivity index (χ1v) is 10.6. The molecule has 3 aromatic heterocycles. The highest BCUT2D eigenvalue weighted by Crippen LogP contribution is 2.28. The zero-order valence-electron chi connectivity index (χ0n) is 18.6. The first-order chi connectivity index (χ1) is 15.5. The molecule has 0 fully saturated rings. The Kier molecular flexibility index (Phi) is 4.78. The van der Waals surface area contributed by atoms with E-state index in [0.29, 0.717) is 11.4 Å².